The maximum absolute atomic E-state index is 2.83. The number of rotatable bonds is 6. The highest BCUT2D eigenvalue weighted by atomic mass is 29.1. The lowest BCUT2D eigenvalue weighted by atomic mass is 10.2. The van der Waals surface area contributed by atoms with Gasteiger partial charge in [-0.1, -0.05) is 34.2 Å². The van der Waals surface area contributed by atoms with Gasteiger partial charge in [0.1, 0.15) is 0 Å². The molecule has 0 aromatic carbocycles. The fourth-order valence-corrected chi connectivity index (χ4v) is 7.71. The van der Waals surface area contributed by atoms with Gasteiger partial charge in [-0.15, -0.1) is 0 Å². The van der Waals surface area contributed by atoms with E-state index in [0.29, 0.717) is 9.04 Å². The van der Waals surface area contributed by atoms with Crippen molar-refractivity contribution < 1.29 is 0 Å². The molecular weight excluding hydrogens is 178 g/mol. The highest BCUT2D eigenvalue weighted by molar-refractivity contribution is 6.98. The Hall–Kier alpha value is 0.394. The van der Waals surface area contributed by atoms with Crippen LogP contribution in [0.4, 0.5) is 0 Å². The van der Waals surface area contributed by atoms with Crippen molar-refractivity contribution >= 4 is 18.2 Å². The summed E-state index contributed by atoms with van der Waals surface area (Å²) in [6, 6.07) is 1.69. The van der Waals surface area contributed by atoms with E-state index in [9.17, 15) is 0 Å². The van der Waals surface area contributed by atoms with E-state index in [0.717, 1.165) is 12.1 Å². The van der Waals surface area contributed by atoms with E-state index in [1.54, 1.807) is 0 Å². The van der Waals surface area contributed by atoms with Crippen molar-refractivity contribution in [2.45, 2.75) is 59.2 Å². The van der Waals surface area contributed by atoms with Crippen molar-refractivity contribution in [1.29, 1.82) is 0 Å². The summed E-state index contributed by atoms with van der Waals surface area (Å²) in [5.74, 6) is 0. The van der Waals surface area contributed by atoms with E-state index >= 15 is 0 Å². The average Bonchev–Trinajstić information content (AvgIpc) is 2.11. The van der Waals surface area contributed by atoms with Gasteiger partial charge in [-0.05, 0) is 24.9 Å². The monoisotopic (exact) mass is 203 g/mol. The molecule has 0 aliphatic rings. The normalized spacial score (nSPS) is 18.5. The van der Waals surface area contributed by atoms with Crippen LogP contribution in [0.1, 0.15) is 40.5 Å². The van der Waals surface area contributed by atoms with Crippen LogP contribution in [0, 0.1) is 0 Å². The van der Waals surface area contributed by atoms with Gasteiger partial charge in [0.25, 0.3) is 0 Å². The topological polar surface area (TPSA) is 3.24 Å². The van der Waals surface area contributed by atoms with Crippen molar-refractivity contribution in [2.24, 2.45) is 0 Å². The standard InChI is InChI=1S/C9H25NSi2/c1-6-8(3)10(12-11-5)9(4)7-2/h8-9H,6-7,11-12H2,1-5H3. The largest absolute Gasteiger partial charge is 0.327 e. The second-order valence-electron chi connectivity index (χ2n) is 3.75. The zero-order valence-corrected chi connectivity index (χ0v) is 12.3. The second kappa shape index (κ2) is 6.86. The molecular formula is C9H25NSi2. The molecule has 0 bridgehead atoms. The number of nitrogens with zero attached hydrogens (tertiary/aromatic N) is 1. The molecule has 12 heavy (non-hydrogen) atoms. The first-order valence-electron chi connectivity index (χ1n) is 5.43. The lowest BCUT2D eigenvalue weighted by molar-refractivity contribution is 0.273. The summed E-state index contributed by atoms with van der Waals surface area (Å²) in [7, 11) is 0.518. The van der Waals surface area contributed by atoms with Crippen molar-refractivity contribution in [1.82, 2.24) is 4.57 Å². The summed E-state index contributed by atoms with van der Waals surface area (Å²) in [6.07, 6.45) is 2.65. The molecule has 2 unspecified atom stereocenters. The molecule has 0 fully saturated rings. The molecule has 0 aliphatic carbocycles. The predicted octanol–water partition coefficient (Wildman–Crippen LogP) is 1.10. The minimum atomic E-state index is 0.191. The third-order valence-corrected chi connectivity index (χ3v) is 7.90. The molecule has 2 atom stereocenters. The van der Waals surface area contributed by atoms with Gasteiger partial charge in [-0.25, -0.2) is 0 Å². The molecule has 0 heterocycles. The van der Waals surface area contributed by atoms with Crippen LogP contribution < -0.4 is 0 Å². The Bertz CT molecular complexity index is 98.7. The number of hydrogen-bond acceptors (Lipinski definition) is 1. The van der Waals surface area contributed by atoms with E-state index in [1.807, 2.05) is 0 Å². The molecule has 74 valence electrons. The minimum Gasteiger partial charge on any atom is -0.327 e. The van der Waals surface area contributed by atoms with Gasteiger partial charge in [0.2, 0.25) is 0 Å². The highest BCUT2D eigenvalue weighted by Crippen LogP contribution is 2.09. The van der Waals surface area contributed by atoms with Crippen LogP contribution in [-0.4, -0.2) is 34.9 Å². The summed E-state index contributed by atoms with van der Waals surface area (Å²) in [5, 5.41) is 0. The van der Waals surface area contributed by atoms with Crippen LogP contribution in [0.3, 0.4) is 0 Å². The molecule has 0 rings (SSSR count). The molecule has 0 saturated heterocycles. The molecule has 0 radical (unpaired) electrons. The molecule has 0 aliphatic heterocycles. The minimum absolute atomic E-state index is 0.191. The first-order valence-corrected chi connectivity index (χ1v) is 11.5. The Balaban J connectivity index is 4.01. The Morgan fingerprint density at radius 3 is 1.75 bits per heavy atom. The average molecular weight is 203 g/mol. The van der Waals surface area contributed by atoms with Gasteiger partial charge >= 0.3 is 0 Å². The summed E-state index contributed by atoms with van der Waals surface area (Å²) >= 11 is 0. The zero-order valence-electron chi connectivity index (χ0n) is 9.43. The Kier molecular flexibility index (Phi) is 7.09. The summed E-state index contributed by atoms with van der Waals surface area (Å²) in [5.41, 5.74) is 0. The van der Waals surface area contributed by atoms with E-state index in [2.05, 4.69) is 38.8 Å². The van der Waals surface area contributed by atoms with Crippen molar-refractivity contribution in [3.8, 4) is 0 Å². The Morgan fingerprint density at radius 2 is 1.50 bits per heavy atom. The third-order valence-electron chi connectivity index (χ3n) is 2.80. The Labute approximate surface area is 82.4 Å². The summed E-state index contributed by atoms with van der Waals surface area (Å²) in [4.78, 5) is 0. The number of hydrogen-bond donors (Lipinski definition) is 0. The van der Waals surface area contributed by atoms with Crippen LogP contribution in [0.5, 0.6) is 0 Å². The molecule has 0 spiro atoms. The van der Waals surface area contributed by atoms with Crippen LogP contribution in [0.25, 0.3) is 0 Å². The highest BCUT2D eigenvalue weighted by Gasteiger charge is 2.15. The lowest BCUT2D eigenvalue weighted by Crippen LogP contribution is -2.44. The van der Waals surface area contributed by atoms with Crippen LogP contribution >= 0.6 is 0 Å². The van der Waals surface area contributed by atoms with Crippen molar-refractivity contribution in [3.63, 3.8) is 0 Å². The fraction of sp³-hybridized carbons (Fsp3) is 1.00. The van der Waals surface area contributed by atoms with E-state index in [4.69, 9.17) is 0 Å². The molecule has 0 aromatic heterocycles. The van der Waals surface area contributed by atoms with Gasteiger partial charge in [0.05, 0.1) is 9.20 Å². The van der Waals surface area contributed by atoms with E-state index < -0.39 is 0 Å². The quantitative estimate of drug-likeness (QED) is 0.585. The maximum atomic E-state index is 2.83. The second-order valence-corrected chi connectivity index (χ2v) is 10.3. The van der Waals surface area contributed by atoms with Crippen LogP contribution in [0.15, 0.2) is 0 Å². The van der Waals surface area contributed by atoms with Gasteiger partial charge in [-0.3, -0.25) is 0 Å². The molecule has 3 heteroatoms. The van der Waals surface area contributed by atoms with Gasteiger partial charge in [0.15, 0.2) is 0 Å². The third kappa shape index (κ3) is 3.87. The SMILES string of the molecule is CCC(C)N([SiH2][SiH2]C)C(C)CC. The first kappa shape index (κ1) is 12.4. The van der Waals surface area contributed by atoms with Crippen LogP contribution in [-0.2, 0) is 0 Å². The molecule has 0 amide bonds. The smallest absolute Gasteiger partial charge is 0.0798 e. The molecule has 0 saturated carbocycles. The molecule has 0 aromatic rings. The van der Waals surface area contributed by atoms with Gasteiger partial charge in [0, 0.05) is 9.04 Å². The summed E-state index contributed by atoms with van der Waals surface area (Å²) in [6.45, 7) is 11.9. The van der Waals surface area contributed by atoms with E-state index in [-0.39, 0.29) is 9.20 Å². The fourth-order valence-electron chi connectivity index (χ4n) is 1.60. The van der Waals surface area contributed by atoms with Gasteiger partial charge < -0.3 is 4.57 Å². The lowest BCUT2D eigenvalue weighted by Gasteiger charge is -2.33. The van der Waals surface area contributed by atoms with Gasteiger partial charge in [-0.2, -0.15) is 0 Å². The molecule has 0 N–H and O–H groups in total. The van der Waals surface area contributed by atoms with Crippen molar-refractivity contribution in [2.75, 3.05) is 0 Å². The summed E-state index contributed by atoms with van der Waals surface area (Å²) < 4.78 is 2.83. The van der Waals surface area contributed by atoms with Crippen molar-refractivity contribution in [3.05, 3.63) is 0 Å². The molecule has 1 nitrogen and oxygen atoms in total. The maximum Gasteiger partial charge on any atom is 0.0798 e. The predicted molar refractivity (Wildman–Crippen MR) is 64.3 cm³/mol. The van der Waals surface area contributed by atoms with E-state index in [1.165, 1.54) is 12.8 Å². The Morgan fingerprint density at radius 1 is 1.08 bits per heavy atom. The first-order chi connectivity index (χ1) is 5.67. The van der Waals surface area contributed by atoms with Crippen LogP contribution in [0.2, 0.25) is 6.55 Å². The zero-order chi connectivity index (χ0) is 9.56.